The Labute approximate surface area is 98.6 Å². The number of rotatable bonds is 1. The van der Waals surface area contributed by atoms with Crippen LogP contribution in [-0.2, 0) is 0 Å². The third-order valence-corrected chi connectivity index (χ3v) is 3.99. The number of carbonyl (C=O) groups is 1. The highest BCUT2D eigenvalue weighted by Gasteiger charge is 2.32. The molecule has 2 unspecified atom stereocenters. The molecule has 3 heteroatoms. The van der Waals surface area contributed by atoms with Gasteiger partial charge in [-0.3, -0.25) is 0 Å². The molecule has 0 aromatic carbocycles. The first-order chi connectivity index (χ1) is 7.66. The minimum absolute atomic E-state index is 0.138. The summed E-state index contributed by atoms with van der Waals surface area (Å²) >= 11 is 0. The van der Waals surface area contributed by atoms with Gasteiger partial charge in [0, 0.05) is 19.1 Å². The molecule has 1 saturated heterocycles. The van der Waals surface area contributed by atoms with Gasteiger partial charge in [-0.15, -0.1) is 0 Å². The van der Waals surface area contributed by atoms with Gasteiger partial charge in [-0.05, 0) is 38.5 Å². The number of hydrogen-bond acceptors (Lipinski definition) is 1. The van der Waals surface area contributed by atoms with E-state index in [4.69, 9.17) is 0 Å². The van der Waals surface area contributed by atoms with E-state index in [0.717, 1.165) is 24.9 Å². The van der Waals surface area contributed by atoms with Crippen LogP contribution in [0.4, 0.5) is 4.79 Å². The molecule has 3 nitrogen and oxygen atoms in total. The van der Waals surface area contributed by atoms with Crippen molar-refractivity contribution in [2.75, 3.05) is 13.1 Å². The van der Waals surface area contributed by atoms with Crippen molar-refractivity contribution in [2.45, 2.75) is 52.0 Å². The minimum atomic E-state index is 0.138. The second-order valence-electron chi connectivity index (χ2n) is 5.64. The second-order valence-corrected chi connectivity index (χ2v) is 5.64. The van der Waals surface area contributed by atoms with Crippen molar-refractivity contribution in [3.8, 4) is 0 Å². The SMILES string of the molecule is CC(C)NC(=O)N1CCC2CCCCC2C1. The van der Waals surface area contributed by atoms with Crippen LogP contribution in [0.2, 0.25) is 0 Å². The number of urea groups is 1. The normalized spacial score (nSPS) is 30.1. The number of nitrogens with one attached hydrogen (secondary N) is 1. The van der Waals surface area contributed by atoms with Crippen LogP contribution >= 0.6 is 0 Å². The van der Waals surface area contributed by atoms with E-state index in [1.165, 1.54) is 32.1 Å². The van der Waals surface area contributed by atoms with E-state index < -0.39 is 0 Å². The highest BCUT2D eigenvalue weighted by molar-refractivity contribution is 5.74. The molecule has 16 heavy (non-hydrogen) atoms. The standard InChI is InChI=1S/C13H24N2O/c1-10(2)14-13(16)15-8-7-11-5-3-4-6-12(11)9-15/h10-12H,3-9H2,1-2H3,(H,14,16). The fourth-order valence-corrected chi connectivity index (χ4v) is 3.12. The zero-order valence-electron chi connectivity index (χ0n) is 10.5. The molecule has 0 radical (unpaired) electrons. The van der Waals surface area contributed by atoms with Gasteiger partial charge in [0.15, 0.2) is 0 Å². The predicted molar refractivity (Wildman–Crippen MR) is 65.3 cm³/mol. The number of nitrogens with zero attached hydrogens (tertiary/aromatic N) is 1. The third-order valence-electron chi connectivity index (χ3n) is 3.99. The summed E-state index contributed by atoms with van der Waals surface area (Å²) in [6, 6.07) is 0.385. The molecule has 2 atom stereocenters. The molecule has 0 bridgehead atoms. The van der Waals surface area contributed by atoms with Crippen molar-refractivity contribution in [1.29, 1.82) is 0 Å². The van der Waals surface area contributed by atoms with Crippen molar-refractivity contribution in [2.24, 2.45) is 11.8 Å². The monoisotopic (exact) mass is 224 g/mol. The molecular weight excluding hydrogens is 200 g/mol. The molecule has 2 aliphatic rings. The summed E-state index contributed by atoms with van der Waals surface area (Å²) in [4.78, 5) is 13.9. The van der Waals surface area contributed by atoms with Gasteiger partial charge in [-0.2, -0.15) is 0 Å². The molecule has 1 aliphatic carbocycles. The lowest BCUT2D eigenvalue weighted by molar-refractivity contribution is 0.101. The van der Waals surface area contributed by atoms with E-state index >= 15 is 0 Å². The summed E-state index contributed by atoms with van der Waals surface area (Å²) < 4.78 is 0. The molecule has 1 saturated carbocycles. The first-order valence-corrected chi connectivity index (χ1v) is 6.72. The summed E-state index contributed by atoms with van der Waals surface area (Å²) in [6.07, 6.45) is 6.71. The van der Waals surface area contributed by atoms with Crippen LogP contribution in [0.3, 0.4) is 0 Å². The Morgan fingerprint density at radius 2 is 1.88 bits per heavy atom. The average Bonchev–Trinajstić information content (AvgIpc) is 2.27. The highest BCUT2D eigenvalue weighted by Crippen LogP contribution is 2.35. The zero-order chi connectivity index (χ0) is 11.5. The summed E-state index contributed by atoms with van der Waals surface area (Å²) in [7, 11) is 0. The average molecular weight is 224 g/mol. The molecule has 1 N–H and O–H groups in total. The second kappa shape index (κ2) is 5.07. The number of amides is 2. The zero-order valence-corrected chi connectivity index (χ0v) is 10.5. The van der Waals surface area contributed by atoms with E-state index in [9.17, 15) is 4.79 Å². The molecule has 2 amide bonds. The van der Waals surface area contributed by atoms with E-state index in [-0.39, 0.29) is 12.1 Å². The fourth-order valence-electron chi connectivity index (χ4n) is 3.12. The largest absolute Gasteiger partial charge is 0.336 e. The van der Waals surface area contributed by atoms with Gasteiger partial charge in [0.2, 0.25) is 0 Å². The van der Waals surface area contributed by atoms with Gasteiger partial charge in [0.05, 0.1) is 0 Å². The Morgan fingerprint density at radius 3 is 2.56 bits per heavy atom. The predicted octanol–water partition coefficient (Wildman–Crippen LogP) is 2.62. The lowest BCUT2D eigenvalue weighted by Crippen LogP contribution is -2.50. The van der Waals surface area contributed by atoms with Crippen LogP contribution in [0.15, 0.2) is 0 Å². The van der Waals surface area contributed by atoms with Crippen LogP contribution in [0.25, 0.3) is 0 Å². The number of fused-ring (bicyclic) bond motifs is 1. The molecule has 1 aliphatic heterocycles. The van der Waals surface area contributed by atoms with Crippen LogP contribution in [0.5, 0.6) is 0 Å². The van der Waals surface area contributed by atoms with E-state index in [0.29, 0.717) is 0 Å². The van der Waals surface area contributed by atoms with Crippen molar-refractivity contribution in [3.63, 3.8) is 0 Å². The number of carbonyl (C=O) groups excluding carboxylic acids is 1. The van der Waals surface area contributed by atoms with Crippen LogP contribution in [0, 0.1) is 11.8 Å². The van der Waals surface area contributed by atoms with Crippen LogP contribution in [0.1, 0.15) is 46.0 Å². The number of piperidine rings is 1. The molecule has 0 aromatic heterocycles. The molecular formula is C13H24N2O. The maximum Gasteiger partial charge on any atom is 0.317 e. The van der Waals surface area contributed by atoms with Gasteiger partial charge in [0.25, 0.3) is 0 Å². The first-order valence-electron chi connectivity index (χ1n) is 6.72. The summed E-state index contributed by atoms with van der Waals surface area (Å²) in [5.41, 5.74) is 0. The number of likely N-dealkylation sites (tertiary alicyclic amines) is 1. The number of hydrogen-bond donors (Lipinski definition) is 1. The van der Waals surface area contributed by atoms with Gasteiger partial charge in [-0.25, -0.2) is 4.79 Å². The molecule has 92 valence electrons. The Morgan fingerprint density at radius 1 is 1.19 bits per heavy atom. The van der Waals surface area contributed by atoms with Crippen molar-refractivity contribution >= 4 is 6.03 Å². The van der Waals surface area contributed by atoms with Crippen LogP contribution < -0.4 is 5.32 Å². The lowest BCUT2D eigenvalue weighted by Gasteiger charge is -2.41. The van der Waals surface area contributed by atoms with Crippen molar-refractivity contribution in [3.05, 3.63) is 0 Å². The van der Waals surface area contributed by atoms with Crippen LogP contribution in [-0.4, -0.2) is 30.1 Å². The molecule has 2 fully saturated rings. The molecule has 2 rings (SSSR count). The first kappa shape index (κ1) is 11.7. The quantitative estimate of drug-likeness (QED) is 0.729. The highest BCUT2D eigenvalue weighted by atomic mass is 16.2. The molecule has 0 spiro atoms. The summed E-state index contributed by atoms with van der Waals surface area (Å²) in [5, 5.41) is 2.99. The van der Waals surface area contributed by atoms with Gasteiger partial charge in [-0.1, -0.05) is 19.3 Å². The van der Waals surface area contributed by atoms with Crippen molar-refractivity contribution in [1.82, 2.24) is 10.2 Å². The van der Waals surface area contributed by atoms with E-state index in [1.807, 2.05) is 18.7 Å². The summed E-state index contributed by atoms with van der Waals surface area (Å²) in [6.45, 7) is 5.99. The maximum atomic E-state index is 11.9. The van der Waals surface area contributed by atoms with E-state index in [1.54, 1.807) is 0 Å². The minimum Gasteiger partial charge on any atom is -0.336 e. The Bertz CT molecular complexity index is 252. The maximum absolute atomic E-state index is 11.9. The Kier molecular flexibility index (Phi) is 3.72. The van der Waals surface area contributed by atoms with Crippen molar-refractivity contribution < 1.29 is 4.79 Å². The smallest absolute Gasteiger partial charge is 0.317 e. The Hall–Kier alpha value is -0.730. The van der Waals surface area contributed by atoms with E-state index in [2.05, 4.69) is 5.32 Å². The van der Waals surface area contributed by atoms with Gasteiger partial charge in [0.1, 0.15) is 0 Å². The van der Waals surface area contributed by atoms with Gasteiger partial charge >= 0.3 is 6.03 Å². The third kappa shape index (κ3) is 2.69. The molecule has 0 aromatic rings. The topological polar surface area (TPSA) is 32.3 Å². The molecule has 1 heterocycles. The lowest BCUT2D eigenvalue weighted by atomic mass is 9.75. The van der Waals surface area contributed by atoms with Gasteiger partial charge < -0.3 is 10.2 Å². The fraction of sp³-hybridized carbons (Fsp3) is 0.923. The Balaban J connectivity index is 1.87. The summed E-state index contributed by atoms with van der Waals surface area (Å²) in [5.74, 6) is 1.68.